The number of anilines is 1. The molecular formula is C23H24ClN3O2. The van der Waals surface area contributed by atoms with Gasteiger partial charge in [-0.2, -0.15) is 0 Å². The Kier molecular flexibility index (Phi) is 5.33. The van der Waals surface area contributed by atoms with Gasteiger partial charge >= 0.3 is 0 Å². The monoisotopic (exact) mass is 409 g/mol. The van der Waals surface area contributed by atoms with Gasteiger partial charge in [-0.15, -0.1) is 0 Å². The van der Waals surface area contributed by atoms with Crippen LogP contribution >= 0.6 is 11.6 Å². The van der Waals surface area contributed by atoms with Crippen LogP contribution in [0.1, 0.15) is 34.5 Å². The first-order valence-corrected chi connectivity index (χ1v) is 10.3. The molecule has 0 bridgehead atoms. The molecule has 4 rings (SSSR count). The summed E-state index contributed by atoms with van der Waals surface area (Å²) < 4.78 is 1.89. The largest absolute Gasteiger partial charge is 0.350 e. The Morgan fingerprint density at radius 1 is 1.21 bits per heavy atom. The van der Waals surface area contributed by atoms with Crippen LogP contribution in [-0.4, -0.2) is 29.5 Å². The molecular weight excluding hydrogens is 386 g/mol. The van der Waals surface area contributed by atoms with E-state index >= 15 is 0 Å². The van der Waals surface area contributed by atoms with Crippen LogP contribution in [0.3, 0.4) is 0 Å². The van der Waals surface area contributed by atoms with E-state index in [9.17, 15) is 9.59 Å². The van der Waals surface area contributed by atoms with Crippen LogP contribution in [-0.2, 0) is 18.3 Å². The molecule has 0 saturated carbocycles. The lowest BCUT2D eigenvalue weighted by atomic mass is 10.1. The average molecular weight is 410 g/mol. The van der Waals surface area contributed by atoms with E-state index in [0.717, 1.165) is 34.1 Å². The molecule has 1 saturated heterocycles. The molecule has 0 radical (unpaired) electrons. The third-order valence-corrected chi connectivity index (χ3v) is 5.89. The van der Waals surface area contributed by atoms with Crippen molar-refractivity contribution in [3.8, 4) is 0 Å². The van der Waals surface area contributed by atoms with Gasteiger partial charge in [0.15, 0.2) is 0 Å². The number of hydrogen-bond acceptors (Lipinski definition) is 2. The predicted molar refractivity (Wildman–Crippen MR) is 117 cm³/mol. The van der Waals surface area contributed by atoms with E-state index in [2.05, 4.69) is 11.4 Å². The summed E-state index contributed by atoms with van der Waals surface area (Å²) in [7, 11) is 1.88. The summed E-state index contributed by atoms with van der Waals surface area (Å²) in [4.78, 5) is 27.4. The SMILES string of the molecule is Cc1ccc2c(c1)c(N1CCCC1=O)c(C(=O)NCCc1ccccc1Cl)n2C. The highest BCUT2D eigenvalue weighted by atomic mass is 35.5. The molecule has 150 valence electrons. The van der Waals surface area contributed by atoms with E-state index in [1.807, 2.05) is 54.9 Å². The summed E-state index contributed by atoms with van der Waals surface area (Å²) in [6.07, 6.45) is 1.98. The molecule has 1 aliphatic heterocycles. The molecule has 5 nitrogen and oxygen atoms in total. The lowest BCUT2D eigenvalue weighted by Gasteiger charge is -2.18. The average Bonchev–Trinajstić information content (AvgIpc) is 3.23. The van der Waals surface area contributed by atoms with Crippen LogP contribution in [0.15, 0.2) is 42.5 Å². The summed E-state index contributed by atoms with van der Waals surface area (Å²) in [5.41, 5.74) is 4.30. The Labute approximate surface area is 175 Å². The molecule has 1 aromatic heterocycles. The molecule has 2 heterocycles. The zero-order valence-corrected chi connectivity index (χ0v) is 17.4. The number of rotatable bonds is 5. The number of amides is 2. The van der Waals surface area contributed by atoms with Gasteiger partial charge in [-0.25, -0.2) is 0 Å². The molecule has 2 aromatic carbocycles. The lowest BCUT2D eigenvalue weighted by molar-refractivity contribution is -0.117. The van der Waals surface area contributed by atoms with Crippen molar-refractivity contribution in [2.24, 2.45) is 7.05 Å². The van der Waals surface area contributed by atoms with Gasteiger partial charge in [0, 0.05) is 37.0 Å². The Morgan fingerprint density at radius 3 is 2.72 bits per heavy atom. The maximum Gasteiger partial charge on any atom is 0.270 e. The zero-order valence-electron chi connectivity index (χ0n) is 16.7. The third-order valence-electron chi connectivity index (χ3n) is 5.52. The fourth-order valence-electron chi connectivity index (χ4n) is 4.05. The highest BCUT2D eigenvalue weighted by molar-refractivity contribution is 6.31. The van der Waals surface area contributed by atoms with Crippen molar-refractivity contribution in [2.75, 3.05) is 18.0 Å². The Balaban J connectivity index is 1.67. The molecule has 3 aromatic rings. The number of aryl methyl sites for hydroxylation is 2. The van der Waals surface area contributed by atoms with Crippen molar-refractivity contribution in [3.05, 3.63) is 64.3 Å². The number of benzene rings is 2. The fourth-order valence-corrected chi connectivity index (χ4v) is 4.28. The molecule has 1 aliphatic rings. The maximum absolute atomic E-state index is 13.2. The Morgan fingerprint density at radius 2 is 2.00 bits per heavy atom. The van der Waals surface area contributed by atoms with Gasteiger partial charge < -0.3 is 14.8 Å². The fraction of sp³-hybridized carbons (Fsp3) is 0.304. The first kappa shape index (κ1) is 19.5. The minimum Gasteiger partial charge on any atom is -0.350 e. The Hall–Kier alpha value is -2.79. The molecule has 1 fully saturated rings. The van der Waals surface area contributed by atoms with Crippen LogP contribution < -0.4 is 10.2 Å². The van der Waals surface area contributed by atoms with Gasteiger partial charge in [0.2, 0.25) is 5.91 Å². The summed E-state index contributed by atoms with van der Waals surface area (Å²) in [6.45, 7) is 3.13. The second kappa shape index (κ2) is 7.91. The molecule has 2 amide bonds. The van der Waals surface area contributed by atoms with Crippen LogP contribution in [0.2, 0.25) is 5.02 Å². The van der Waals surface area contributed by atoms with Crippen molar-refractivity contribution in [1.29, 1.82) is 0 Å². The number of carbonyl (C=O) groups is 2. The van der Waals surface area contributed by atoms with Crippen LogP contribution in [0.5, 0.6) is 0 Å². The highest BCUT2D eigenvalue weighted by Gasteiger charge is 2.31. The van der Waals surface area contributed by atoms with Gasteiger partial charge in [0.25, 0.3) is 5.91 Å². The quantitative estimate of drug-likeness (QED) is 0.685. The van der Waals surface area contributed by atoms with Gasteiger partial charge in [0.05, 0.1) is 11.2 Å². The number of fused-ring (bicyclic) bond motifs is 1. The van der Waals surface area contributed by atoms with Gasteiger partial charge in [-0.3, -0.25) is 9.59 Å². The summed E-state index contributed by atoms with van der Waals surface area (Å²) in [5, 5.41) is 4.66. The second-order valence-corrected chi connectivity index (χ2v) is 7.93. The molecule has 0 spiro atoms. The van der Waals surface area contributed by atoms with Crippen LogP contribution in [0.25, 0.3) is 10.9 Å². The number of nitrogens with one attached hydrogen (secondary N) is 1. The van der Waals surface area contributed by atoms with Crippen molar-refractivity contribution < 1.29 is 9.59 Å². The van der Waals surface area contributed by atoms with Gasteiger partial charge in [-0.1, -0.05) is 41.4 Å². The molecule has 1 N–H and O–H groups in total. The van der Waals surface area contributed by atoms with Gasteiger partial charge in [0.1, 0.15) is 5.69 Å². The number of hydrogen-bond donors (Lipinski definition) is 1. The predicted octanol–water partition coefficient (Wildman–Crippen LogP) is 4.24. The molecule has 0 aliphatic carbocycles. The van der Waals surface area contributed by atoms with E-state index in [0.29, 0.717) is 36.6 Å². The van der Waals surface area contributed by atoms with Crippen LogP contribution in [0, 0.1) is 6.92 Å². The number of carbonyl (C=O) groups excluding carboxylic acids is 2. The number of nitrogens with zero attached hydrogens (tertiary/aromatic N) is 2. The second-order valence-electron chi connectivity index (χ2n) is 7.52. The van der Waals surface area contributed by atoms with Crippen molar-refractivity contribution in [2.45, 2.75) is 26.2 Å². The summed E-state index contributed by atoms with van der Waals surface area (Å²) in [6, 6.07) is 13.7. The first-order chi connectivity index (χ1) is 14.0. The van der Waals surface area contributed by atoms with Gasteiger partial charge in [-0.05, 0) is 43.5 Å². The van der Waals surface area contributed by atoms with Crippen molar-refractivity contribution >= 4 is 40.0 Å². The molecule has 0 unspecified atom stereocenters. The number of aromatic nitrogens is 1. The standard InChI is InChI=1S/C23H24ClN3O2/c1-15-9-10-19-17(14-15)21(27-13-5-8-20(27)28)22(26(19)2)23(29)25-12-11-16-6-3-4-7-18(16)24/h3-4,6-7,9-10,14H,5,8,11-13H2,1-2H3,(H,25,29). The maximum atomic E-state index is 13.2. The first-order valence-electron chi connectivity index (χ1n) is 9.88. The Bertz CT molecular complexity index is 1100. The van der Waals surface area contributed by atoms with E-state index < -0.39 is 0 Å². The van der Waals surface area contributed by atoms with Crippen molar-refractivity contribution in [3.63, 3.8) is 0 Å². The van der Waals surface area contributed by atoms with E-state index in [1.165, 1.54) is 0 Å². The van der Waals surface area contributed by atoms with E-state index in [4.69, 9.17) is 11.6 Å². The minimum absolute atomic E-state index is 0.0733. The summed E-state index contributed by atoms with van der Waals surface area (Å²) in [5.74, 6) is -0.104. The van der Waals surface area contributed by atoms with Crippen LogP contribution in [0.4, 0.5) is 5.69 Å². The molecule has 29 heavy (non-hydrogen) atoms. The lowest BCUT2D eigenvalue weighted by Crippen LogP contribution is -2.31. The normalized spacial score (nSPS) is 14.0. The van der Waals surface area contributed by atoms with E-state index in [1.54, 1.807) is 4.90 Å². The summed E-state index contributed by atoms with van der Waals surface area (Å²) >= 11 is 6.22. The third kappa shape index (κ3) is 3.62. The molecule has 6 heteroatoms. The minimum atomic E-state index is -0.178. The zero-order chi connectivity index (χ0) is 20.5. The molecule has 0 atom stereocenters. The van der Waals surface area contributed by atoms with Crippen molar-refractivity contribution in [1.82, 2.24) is 9.88 Å². The highest BCUT2D eigenvalue weighted by Crippen LogP contribution is 2.36. The van der Waals surface area contributed by atoms with E-state index in [-0.39, 0.29) is 11.8 Å². The smallest absolute Gasteiger partial charge is 0.270 e. The number of halogens is 1. The topological polar surface area (TPSA) is 54.3 Å².